The lowest BCUT2D eigenvalue weighted by molar-refractivity contribution is 0.0252. The molecule has 3 aromatic rings. The van der Waals surface area contributed by atoms with Crippen LogP contribution in [0.5, 0.6) is 0 Å². The lowest BCUT2D eigenvalue weighted by Crippen LogP contribution is -2.36. The Morgan fingerprint density at radius 3 is 2.64 bits per heavy atom. The second-order valence-corrected chi connectivity index (χ2v) is 8.19. The van der Waals surface area contributed by atoms with Crippen LogP contribution in [0.25, 0.3) is 0 Å². The van der Waals surface area contributed by atoms with E-state index >= 15 is 0 Å². The van der Waals surface area contributed by atoms with Crippen molar-refractivity contribution in [2.75, 3.05) is 31.2 Å². The van der Waals surface area contributed by atoms with E-state index in [1.54, 1.807) is 24.4 Å². The van der Waals surface area contributed by atoms with Gasteiger partial charge in [0.15, 0.2) is 0 Å². The molecule has 1 fully saturated rings. The number of fused-ring (bicyclic) bond motifs is 1. The molecule has 0 saturated carbocycles. The Morgan fingerprint density at radius 2 is 1.88 bits per heavy atom. The second-order valence-electron chi connectivity index (χ2n) is 8.19. The van der Waals surface area contributed by atoms with Gasteiger partial charge >= 0.3 is 5.97 Å². The fourth-order valence-corrected chi connectivity index (χ4v) is 4.18. The van der Waals surface area contributed by atoms with E-state index in [2.05, 4.69) is 15.2 Å². The number of amides is 1. The first-order valence-corrected chi connectivity index (χ1v) is 11.1. The fraction of sp³-hybridized carbons (Fsp3) is 0.269. The number of carbonyl (C=O) groups excluding carboxylic acids is 2. The first-order chi connectivity index (χ1) is 16.2. The number of rotatable bonds is 5. The third kappa shape index (κ3) is 4.73. The van der Waals surface area contributed by atoms with Gasteiger partial charge in [-0.05, 0) is 41.0 Å². The van der Waals surface area contributed by atoms with Crippen LogP contribution in [0, 0.1) is 0 Å². The number of cyclic esters (lactones) is 1. The van der Waals surface area contributed by atoms with Gasteiger partial charge in [-0.15, -0.1) is 0 Å². The zero-order chi connectivity index (χ0) is 22.6. The first kappa shape index (κ1) is 21.2. The van der Waals surface area contributed by atoms with Crippen molar-refractivity contribution in [1.29, 1.82) is 0 Å². The summed E-state index contributed by atoms with van der Waals surface area (Å²) in [4.78, 5) is 32.0. The monoisotopic (exact) mass is 443 g/mol. The third-order valence-corrected chi connectivity index (χ3v) is 6.01. The van der Waals surface area contributed by atoms with E-state index in [-0.39, 0.29) is 18.0 Å². The van der Waals surface area contributed by atoms with Crippen LogP contribution in [0.15, 0.2) is 66.9 Å². The maximum Gasteiger partial charge on any atom is 0.339 e. The van der Waals surface area contributed by atoms with Crippen molar-refractivity contribution in [2.45, 2.75) is 19.1 Å². The van der Waals surface area contributed by atoms with Crippen molar-refractivity contribution in [3.63, 3.8) is 0 Å². The number of nitrogens with one attached hydrogen (secondary N) is 1. The molecular formula is C26H25N3O4. The van der Waals surface area contributed by atoms with Crippen molar-refractivity contribution < 1.29 is 19.1 Å². The van der Waals surface area contributed by atoms with Crippen LogP contribution in [0.1, 0.15) is 43.5 Å². The molecule has 2 aliphatic rings. The molecule has 2 aliphatic heterocycles. The number of anilines is 1. The zero-order valence-electron chi connectivity index (χ0n) is 18.2. The van der Waals surface area contributed by atoms with Gasteiger partial charge in [0, 0.05) is 37.8 Å². The van der Waals surface area contributed by atoms with Crippen LogP contribution in [0.3, 0.4) is 0 Å². The van der Waals surface area contributed by atoms with E-state index in [4.69, 9.17) is 9.47 Å². The van der Waals surface area contributed by atoms with Crippen LogP contribution in [-0.4, -0.2) is 43.2 Å². The van der Waals surface area contributed by atoms with Crippen molar-refractivity contribution in [2.24, 2.45) is 0 Å². The molecule has 5 rings (SSSR count). The van der Waals surface area contributed by atoms with Gasteiger partial charge in [-0.25, -0.2) is 9.78 Å². The average Bonchev–Trinajstić information content (AvgIpc) is 2.88. The van der Waals surface area contributed by atoms with Crippen LogP contribution < -0.4 is 10.2 Å². The van der Waals surface area contributed by atoms with Crippen molar-refractivity contribution in [3.8, 4) is 0 Å². The molecule has 1 atom stereocenters. The summed E-state index contributed by atoms with van der Waals surface area (Å²) in [6.45, 7) is 3.47. The Labute approximate surface area is 192 Å². The van der Waals surface area contributed by atoms with E-state index in [0.717, 1.165) is 35.6 Å². The highest BCUT2D eigenvalue weighted by atomic mass is 16.5. The Kier molecular flexibility index (Phi) is 6.04. The summed E-state index contributed by atoms with van der Waals surface area (Å²) in [7, 11) is 0. The molecule has 1 unspecified atom stereocenters. The van der Waals surface area contributed by atoms with Gasteiger partial charge in [-0.1, -0.05) is 36.4 Å². The molecule has 168 valence electrons. The average molecular weight is 444 g/mol. The van der Waals surface area contributed by atoms with Gasteiger partial charge in [-0.2, -0.15) is 0 Å². The van der Waals surface area contributed by atoms with Crippen LogP contribution in [0.2, 0.25) is 0 Å². The Balaban J connectivity index is 1.24. The van der Waals surface area contributed by atoms with Crippen molar-refractivity contribution >= 4 is 17.7 Å². The summed E-state index contributed by atoms with van der Waals surface area (Å²) in [6.07, 6.45) is 1.98. The third-order valence-electron chi connectivity index (χ3n) is 6.01. The molecule has 33 heavy (non-hydrogen) atoms. The second kappa shape index (κ2) is 9.42. The molecular weight excluding hydrogens is 418 g/mol. The SMILES string of the molecule is O=C(NCc1ccc(N2CCOCC2)nc1)c1ccc2c(c1)CC(c1ccccc1)OC2=O. The predicted molar refractivity (Wildman–Crippen MR) is 123 cm³/mol. The smallest absolute Gasteiger partial charge is 0.339 e. The van der Waals surface area contributed by atoms with Crippen molar-refractivity contribution in [1.82, 2.24) is 10.3 Å². The number of aromatic nitrogens is 1. The Hall–Kier alpha value is -3.71. The van der Waals surface area contributed by atoms with E-state index < -0.39 is 0 Å². The predicted octanol–water partition coefficient (Wildman–Crippen LogP) is 3.30. The minimum absolute atomic E-state index is 0.190. The highest BCUT2D eigenvalue weighted by Crippen LogP contribution is 2.31. The minimum Gasteiger partial charge on any atom is -0.454 e. The molecule has 0 radical (unpaired) electrons. The molecule has 7 heteroatoms. The van der Waals surface area contributed by atoms with Gasteiger partial charge in [0.2, 0.25) is 0 Å². The fourth-order valence-electron chi connectivity index (χ4n) is 4.18. The molecule has 0 aliphatic carbocycles. The molecule has 0 spiro atoms. The maximum atomic E-state index is 12.8. The van der Waals surface area contributed by atoms with Gasteiger partial charge in [-0.3, -0.25) is 4.79 Å². The van der Waals surface area contributed by atoms with Crippen LogP contribution in [0.4, 0.5) is 5.82 Å². The molecule has 1 aromatic heterocycles. The normalized spacial score (nSPS) is 17.8. The number of pyridine rings is 1. The van der Waals surface area contributed by atoms with Crippen molar-refractivity contribution in [3.05, 3.63) is 94.7 Å². The molecule has 3 heterocycles. The number of hydrogen-bond acceptors (Lipinski definition) is 6. The number of morpholine rings is 1. The van der Waals surface area contributed by atoms with Crippen LogP contribution in [-0.2, 0) is 22.4 Å². The lowest BCUT2D eigenvalue weighted by atomic mass is 9.93. The molecule has 0 bridgehead atoms. The minimum atomic E-state index is -0.358. The van der Waals surface area contributed by atoms with Gasteiger partial charge in [0.25, 0.3) is 5.91 Å². The summed E-state index contributed by atoms with van der Waals surface area (Å²) in [5.41, 5.74) is 3.73. The van der Waals surface area contributed by atoms with E-state index in [1.165, 1.54) is 0 Å². The molecule has 1 saturated heterocycles. The van der Waals surface area contributed by atoms with E-state index in [0.29, 0.717) is 37.3 Å². The standard InChI is InChI=1S/C26H25N3O4/c30-25(28-17-18-6-9-24(27-16-18)29-10-12-32-13-11-29)20-7-8-22-21(14-20)15-23(33-26(22)31)19-4-2-1-3-5-19/h1-9,14,16,23H,10-13,15,17H2,(H,28,30). The summed E-state index contributed by atoms with van der Waals surface area (Å²) in [6, 6.07) is 18.7. The highest BCUT2D eigenvalue weighted by molar-refractivity contribution is 5.97. The lowest BCUT2D eigenvalue weighted by Gasteiger charge is -2.27. The number of esters is 1. The van der Waals surface area contributed by atoms with Gasteiger partial charge in [0.1, 0.15) is 11.9 Å². The largest absolute Gasteiger partial charge is 0.454 e. The number of nitrogens with zero attached hydrogens (tertiary/aromatic N) is 2. The maximum absolute atomic E-state index is 12.8. The molecule has 7 nitrogen and oxygen atoms in total. The highest BCUT2D eigenvalue weighted by Gasteiger charge is 2.28. The van der Waals surface area contributed by atoms with Crippen LogP contribution >= 0.6 is 0 Å². The van der Waals surface area contributed by atoms with E-state index in [9.17, 15) is 9.59 Å². The number of ether oxygens (including phenoxy) is 2. The number of carbonyl (C=O) groups is 2. The summed E-state index contributed by atoms with van der Waals surface area (Å²) >= 11 is 0. The topological polar surface area (TPSA) is 80.8 Å². The first-order valence-electron chi connectivity index (χ1n) is 11.1. The summed E-state index contributed by atoms with van der Waals surface area (Å²) in [5.74, 6) is 0.372. The van der Waals surface area contributed by atoms with E-state index in [1.807, 2.05) is 42.5 Å². The zero-order valence-corrected chi connectivity index (χ0v) is 18.2. The Bertz CT molecular complexity index is 1140. The summed E-state index contributed by atoms with van der Waals surface area (Å²) in [5, 5.41) is 2.95. The number of hydrogen-bond donors (Lipinski definition) is 1. The van der Waals surface area contributed by atoms with Gasteiger partial charge in [0.05, 0.1) is 18.8 Å². The quantitative estimate of drug-likeness (QED) is 0.610. The molecule has 2 aromatic carbocycles. The summed E-state index contributed by atoms with van der Waals surface area (Å²) < 4.78 is 11.0. The van der Waals surface area contributed by atoms with Gasteiger partial charge < -0.3 is 19.7 Å². The molecule has 1 amide bonds. The Morgan fingerprint density at radius 1 is 1.06 bits per heavy atom. The number of benzene rings is 2. The molecule has 1 N–H and O–H groups in total.